The lowest BCUT2D eigenvalue weighted by atomic mass is 9.97. The van der Waals surface area contributed by atoms with Crippen molar-refractivity contribution in [1.82, 2.24) is 15.5 Å². The highest BCUT2D eigenvalue weighted by molar-refractivity contribution is 5.85. The van der Waals surface area contributed by atoms with E-state index in [1.54, 1.807) is 0 Å². The minimum atomic E-state index is 0. The van der Waals surface area contributed by atoms with Gasteiger partial charge in [0.05, 0.1) is 13.2 Å². The molecule has 0 unspecified atom stereocenters. The summed E-state index contributed by atoms with van der Waals surface area (Å²) in [5, 5.41) is 6.35. The molecule has 0 atom stereocenters. The average molecular weight is 328 g/mol. The van der Waals surface area contributed by atoms with Gasteiger partial charge in [-0.15, -0.1) is 24.8 Å². The summed E-state index contributed by atoms with van der Waals surface area (Å²) in [5.74, 6) is 0.480. The molecule has 0 bridgehead atoms. The zero-order valence-electron chi connectivity index (χ0n) is 11.9. The van der Waals surface area contributed by atoms with E-state index in [1.165, 1.54) is 0 Å². The van der Waals surface area contributed by atoms with Crippen LogP contribution < -0.4 is 10.6 Å². The summed E-state index contributed by atoms with van der Waals surface area (Å²) in [6.07, 6.45) is 3.00. The zero-order chi connectivity index (χ0) is 12.6. The second-order valence-electron chi connectivity index (χ2n) is 5.12. The molecule has 20 heavy (non-hydrogen) atoms. The van der Waals surface area contributed by atoms with E-state index >= 15 is 0 Å². The molecule has 0 radical (unpaired) electrons. The molecule has 2 N–H and O–H groups in total. The first-order chi connectivity index (χ1) is 8.86. The Labute approximate surface area is 134 Å². The highest BCUT2D eigenvalue weighted by Gasteiger charge is 2.20. The number of ether oxygens (including phenoxy) is 1. The number of piperidine rings is 1. The van der Waals surface area contributed by atoms with Crippen LogP contribution in [0.4, 0.5) is 0 Å². The number of nitrogens with zero attached hydrogens (tertiary/aromatic N) is 1. The van der Waals surface area contributed by atoms with Crippen molar-refractivity contribution in [1.29, 1.82) is 0 Å². The molecule has 0 saturated carbocycles. The number of amides is 1. The van der Waals surface area contributed by atoms with Gasteiger partial charge in [-0.3, -0.25) is 9.69 Å². The monoisotopic (exact) mass is 327 g/mol. The number of nitrogens with one attached hydrogen (secondary N) is 2. The van der Waals surface area contributed by atoms with Crippen LogP contribution in [0, 0.1) is 5.92 Å². The molecule has 0 spiro atoms. The Balaban J connectivity index is 0.00000180. The van der Waals surface area contributed by atoms with Crippen LogP contribution in [-0.4, -0.2) is 63.3 Å². The van der Waals surface area contributed by atoms with Crippen LogP contribution in [0.25, 0.3) is 0 Å². The van der Waals surface area contributed by atoms with Crippen molar-refractivity contribution >= 4 is 30.7 Å². The van der Waals surface area contributed by atoms with E-state index in [2.05, 4.69) is 15.5 Å². The van der Waals surface area contributed by atoms with Gasteiger partial charge in [0.1, 0.15) is 0 Å². The number of carbonyl (C=O) groups excluding carboxylic acids is 1. The molecule has 2 fully saturated rings. The molecular weight excluding hydrogens is 301 g/mol. The van der Waals surface area contributed by atoms with Crippen LogP contribution in [0.15, 0.2) is 0 Å². The Morgan fingerprint density at radius 2 is 1.85 bits per heavy atom. The van der Waals surface area contributed by atoms with Crippen molar-refractivity contribution in [2.45, 2.75) is 19.3 Å². The fourth-order valence-electron chi connectivity index (χ4n) is 2.57. The molecule has 2 aliphatic rings. The number of hydrogen-bond donors (Lipinski definition) is 2. The van der Waals surface area contributed by atoms with Crippen molar-refractivity contribution < 1.29 is 9.53 Å². The van der Waals surface area contributed by atoms with Gasteiger partial charge in [-0.25, -0.2) is 0 Å². The lowest BCUT2D eigenvalue weighted by Gasteiger charge is -2.26. The maximum atomic E-state index is 11.9. The third-order valence-corrected chi connectivity index (χ3v) is 3.76. The Morgan fingerprint density at radius 3 is 2.50 bits per heavy atom. The minimum absolute atomic E-state index is 0. The standard InChI is InChI=1S/C13H25N3O2.2ClH/c17-13(12-2-5-14-6-3-12)15-4-1-7-16-8-10-18-11-9-16;;/h12,14H,1-11H2,(H,15,17);2*1H. The fourth-order valence-corrected chi connectivity index (χ4v) is 2.57. The van der Waals surface area contributed by atoms with E-state index < -0.39 is 0 Å². The van der Waals surface area contributed by atoms with E-state index in [0.29, 0.717) is 0 Å². The molecule has 2 rings (SSSR count). The molecule has 0 aromatic carbocycles. The van der Waals surface area contributed by atoms with Gasteiger partial charge in [-0.2, -0.15) is 0 Å². The molecule has 0 aliphatic carbocycles. The average Bonchev–Trinajstić information content (AvgIpc) is 2.45. The van der Waals surface area contributed by atoms with Gasteiger partial charge in [0.15, 0.2) is 0 Å². The quantitative estimate of drug-likeness (QED) is 0.729. The van der Waals surface area contributed by atoms with E-state index in [0.717, 1.165) is 71.7 Å². The summed E-state index contributed by atoms with van der Waals surface area (Å²) in [5.41, 5.74) is 0. The van der Waals surface area contributed by atoms with Crippen LogP contribution >= 0.6 is 24.8 Å². The summed E-state index contributed by atoms with van der Waals surface area (Å²) in [6.45, 7) is 7.58. The highest BCUT2D eigenvalue weighted by atomic mass is 35.5. The lowest BCUT2D eigenvalue weighted by Crippen LogP contribution is -2.40. The second-order valence-corrected chi connectivity index (χ2v) is 5.12. The second kappa shape index (κ2) is 11.6. The van der Waals surface area contributed by atoms with Crippen LogP contribution in [0.1, 0.15) is 19.3 Å². The first kappa shape index (κ1) is 19.9. The largest absolute Gasteiger partial charge is 0.379 e. The third kappa shape index (κ3) is 7.09. The fraction of sp³-hybridized carbons (Fsp3) is 0.923. The van der Waals surface area contributed by atoms with Gasteiger partial charge in [0.2, 0.25) is 5.91 Å². The Morgan fingerprint density at radius 1 is 1.20 bits per heavy atom. The van der Waals surface area contributed by atoms with Crippen molar-refractivity contribution in [3.05, 3.63) is 0 Å². The number of carbonyl (C=O) groups is 1. The highest BCUT2D eigenvalue weighted by Crippen LogP contribution is 2.11. The number of rotatable bonds is 5. The van der Waals surface area contributed by atoms with Gasteiger partial charge in [-0.05, 0) is 38.9 Å². The lowest BCUT2D eigenvalue weighted by molar-refractivity contribution is -0.125. The number of halogens is 2. The summed E-state index contributed by atoms with van der Waals surface area (Å²) in [4.78, 5) is 14.3. The van der Waals surface area contributed by atoms with Crippen LogP contribution in [0.5, 0.6) is 0 Å². The van der Waals surface area contributed by atoms with Gasteiger partial charge in [-0.1, -0.05) is 0 Å². The molecule has 5 nitrogen and oxygen atoms in total. The molecule has 2 heterocycles. The van der Waals surface area contributed by atoms with E-state index in [1.807, 2.05) is 0 Å². The van der Waals surface area contributed by atoms with Crippen molar-refractivity contribution in [3.63, 3.8) is 0 Å². The van der Waals surface area contributed by atoms with Crippen molar-refractivity contribution in [2.24, 2.45) is 5.92 Å². The molecular formula is C13H27Cl2N3O2. The molecule has 120 valence electrons. The van der Waals surface area contributed by atoms with E-state index in [-0.39, 0.29) is 36.6 Å². The molecule has 7 heteroatoms. The summed E-state index contributed by atoms with van der Waals surface area (Å²) >= 11 is 0. The van der Waals surface area contributed by atoms with Gasteiger partial charge in [0.25, 0.3) is 0 Å². The van der Waals surface area contributed by atoms with E-state index in [4.69, 9.17) is 4.74 Å². The van der Waals surface area contributed by atoms with Gasteiger partial charge >= 0.3 is 0 Å². The molecule has 0 aromatic rings. The number of morpholine rings is 1. The van der Waals surface area contributed by atoms with E-state index in [9.17, 15) is 4.79 Å². The maximum absolute atomic E-state index is 11.9. The maximum Gasteiger partial charge on any atom is 0.223 e. The van der Waals surface area contributed by atoms with Crippen LogP contribution in [0.2, 0.25) is 0 Å². The molecule has 2 saturated heterocycles. The SMILES string of the molecule is Cl.Cl.O=C(NCCCN1CCOCC1)C1CCNCC1. The Hall–Kier alpha value is -0.0700. The van der Waals surface area contributed by atoms with Gasteiger partial charge in [0, 0.05) is 25.6 Å². The Kier molecular flexibility index (Phi) is 11.5. The van der Waals surface area contributed by atoms with Crippen LogP contribution in [-0.2, 0) is 9.53 Å². The van der Waals surface area contributed by atoms with Gasteiger partial charge < -0.3 is 15.4 Å². The topological polar surface area (TPSA) is 53.6 Å². The first-order valence-corrected chi connectivity index (χ1v) is 7.15. The summed E-state index contributed by atoms with van der Waals surface area (Å²) < 4.78 is 5.31. The minimum Gasteiger partial charge on any atom is -0.379 e. The molecule has 0 aromatic heterocycles. The van der Waals surface area contributed by atoms with Crippen molar-refractivity contribution in [2.75, 3.05) is 52.5 Å². The van der Waals surface area contributed by atoms with Crippen LogP contribution in [0.3, 0.4) is 0 Å². The molecule has 1 amide bonds. The normalized spacial score (nSPS) is 20.6. The summed E-state index contributed by atoms with van der Waals surface area (Å²) in [6, 6.07) is 0. The molecule has 2 aliphatic heterocycles. The predicted molar refractivity (Wildman–Crippen MR) is 85.0 cm³/mol. The third-order valence-electron chi connectivity index (χ3n) is 3.76. The number of hydrogen-bond acceptors (Lipinski definition) is 4. The van der Waals surface area contributed by atoms with Crippen molar-refractivity contribution in [3.8, 4) is 0 Å². The predicted octanol–water partition coefficient (Wildman–Crippen LogP) is 0.668. The smallest absolute Gasteiger partial charge is 0.223 e. The first-order valence-electron chi connectivity index (χ1n) is 7.15. The summed E-state index contributed by atoms with van der Waals surface area (Å²) in [7, 11) is 0. The zero-order valence-corrected chi connectivity index (χ0v) is 13.6. The Bertz CT molecular complexity index is 258.